The monoisotopic (exact) mass is 391 g/mol. The summed E-state index contributed by atoms with van der Waals surface area (Å²) in [6.45, 7) is 13.1. The van der Waals surface area contributed by atoms with Crippen molar-refractivity contribution in [1.29, 1.82) is 0 Å². The molecule has 1 aromatic rings. The molecule has 0 aliphatic carbocycles. The van der Waals surface area contributed by atoms with E-state index in [0.29, 0.717) is 24.7 Å². The predicted octanol–water partition coefficient (Wildman–Crippen LogP) is 3.86. The van der Waals surface area contributed by atoms with E-state index >= 15 is 0 Å². The number of urea groups is 2. The van der Waals surface area contributed by atoms with Gasteiger partial charge in [0.1, 0.15) is 0 Å². The Morgan fingerprint density at radius 2 is 1.71 bits per heavy atom. The van der Waals surface area contributed by atoms with Gasteiger partial charge < -0.3 is 25.8 Å². The van der Waals surface area contributed by atoms with Gasteiger partial charge in [-0.3, -0.25) is 0 Å². The minimum absolute atomic E-state index is 0.0634. The molecule has 7 heteroatoms. The van der Waals surface area contributed by atoms with Crippen LogP contribution in [0, 0.1) is 5.92 Å². The second kappa shape index (κ2) is 10.8. The molecular formula is C21H37N5O2. The van der Waals surface area contributed by atoms with Crippen LogP contribution in [0.2, 0.25) is 0 Å². The van der Waals surface area contributed by atoms with E-state index in [1.165, 1.54) is 0 Å². The quantitative estimate of drug-likeness (QED) is 0.630. The third kappa shape index (κ3) is 6.94. The van der Waals surface area contributed by atoms with Crippen molar-refractivity contribution >= 4 is 23.4 Å². The Kier molecular flexibility index (Phi) is 9.09. The second-order valence-electron chi connectivity index (χ2n) is 7.94. The topological polar surface area (TPSA) is 76.7 Å². The van der Waals surface area contributed by atoms with E-state index in [1.807, 2.05) is 62.9 Å². The Morgan fingerprint density at radius 3 is 2.21 bits per heavy atom. The van der Waals surface area contributed by atoms with Crippen LogP contribution in [0.1, 0.15) is 47.1 Å². The molecule has 0 aliphatic heterocycles. The van der Waals surface area contributed by atoms with Crippen molar-refractivity contribution in [3.05, 3.63) is 23.8 Å². The number of hydrogen-bond donors (Lipinski definition) is 3. The van der Waals surface area contributed by atoms with Crippen molar-refractivity contribution in [2.24, 2.45) is 5.92 Å². The largest absolute Gasteiger partial charge is 0.377 e. The fourth-order valence-electron chi connectivity index (χ4n) is 2.84. The predicted molar refractivity (Wildman–Crippen MR) is 117 cm³/mol. The Balaban J connectivity index is 3.23. The lowest BCUT2D eigenvalue weighted by atomic mass is 10.0. The summed E-state index contributed by atoms with van der Waals surface area (Å²) in [5, 5.41) is 8.58. The maximum Gasteiger partial charge on any atom is 0.319 e. The summed E-state index contributed by atoms with van der Waals surface area (Å²) in [6, 6.07) is 5.59. The molecule has 7 nitrogen and oxygen atoms in total. The van der Waals surface area contributed by atoms with Crippen LogP contribution in [0.4, 0.5) is 21.0 Å². The maximum atomic E-state index is 12.9. The average Bonchev–Trinajstić information content (AvgIpc) is 2.58. The Labute approximate surface area is 169 Å². The normalized spacial score (nSPS) is 11.9. The second-order valence-corrected chi connectivity index (χ2v) is 7.94. The lowest BCUT2D eigenvalue weighted by Gasteiger charge is -2.34. The van der Waals surface area contributed by atoms with Crippen LogP contribution in [-0.2, 0) is 6.54 Å². The molecule has 1 unspecified atom stereocenters. The molecule has 28 heavy (non-hydrogen) atoms. The molecule has 0 saturated carbocycles. The minimum atomic E-state index is -0.240. The van der Waals surface area contributed by atoms with Gasteiger partial charge in [0.25, 0.3) is 0 Å². The smallest absolute Gasteiger partial charge is 0.319 e. The molecule has 0 aliphatic rings. The van der Waals surface area contributed by atoms with E-state index in [1.54, 1.807) is 0 Å². The van der Waals surface area contributed by atoms with Crippen LogP contribution >= 0.6 is 0 Å². The zero-order valence-corrected chi connectivity index (χ0v) is 18.6. The third-order valence-electron chi connectivity index (χ3n) is 4.63. The summed E-state index contributed by atoms with van der Waals surface area (Å²) in [5.74, 6) is 0.317. The van der Waals surface area contributed by atoms with Gasteiger partial charge in [-0.2, -0.15) is 0 Å². The number of amides is 4. The highest BCUT2D eigenvalue weighted by molar-refractivity contribution is 5.89. The van der Waals surface area contributed by atoms with Gasteiger partial charge in [-0.1, -0.05) is 13.8 Å². The average molecular weight is 392 g/mol. The van der Waals surface area contributed by atoms with Crippen LogP contribution < -0.4 is 20.9 Å². The molecule has 0 heterocycles. The fraction of sp³-hybridized carbons (Fsp3) is 0.619. The molecule has 1 rings (SSSR count). The number of nitrogens with one attached hydrogen (secondary N) is 3. The fourth-order valence-corrected chi connectivity index (χ4v) is 2.84. The van der Waals surface area contributed by atoms with Gasteiger partial charge in [0, 0.05) is 50.6 Å². The first-order valence-corrected chi connectivity index (χ1v) is 9.99. The van der Waals surface area contributed by atoms with Gasteiger partial charge in [0.05, 0.1) is 0 Å². The van der Waals surface area contributed by atoms with Gasteiger partial charge >= 0.3 is 12.1 Å². The molecule has 0 saturated heterocycles. The number of benzene rings is 1. The van der Waals surface area contributed by atoms with Crippen LogP contribution in [-0.4, -0.2) is 49.7 Å². The van der Waals surface area contributed by atoms with E-state index in [4.69, 9.17) is 0 Å². The van der Waals surface area contributed by atoms with Crippen molar-refractivity contribution in [1.82, 2.24) is 15.5 Å². The first-order chi connectivity index (χ1) is 13.1. The zero-order valence-electron chi connectivity index (χ0n) is 18.6. The van der Waals surface area contributed by atoms with Crippen LogP contribution in [0.5, 0.6) is 0 Å². The number of carbonyl (C=O) groups excluding carboxylic acids is 2. The Bertz CT molecular complexity index is 658. The van der Waals surface area contributed by atoms with Crippen molar-refractivity contribution in [3.63, 3.8) is 0 Å². The van der Waals surface area contributed by atoms with Gasteiger partial charge in [0.2, 0.25) is 0 Å². The molecule has 4 amide bonds. The van der Waals surface area contributed by atoms with E-state index in [9.17, 15) is 9.59 Å². The zero-order chi connectivity index (χ0) is 21.4. The summed E-state index contributed by atoms with van der Waals surface area (Å²) in [7, 11) is 3.94. The highest BCUT2D eigenvalue weighted by atomic mass is 16.2. The third-order valence-corrected chi connectivity index (χ3v) is 4.63. The van der Waals surface area contributed by atoms with Crippen molar-refractivity contribution < 1.29 is 9.59 Å². The molecule has 0 fully saturated rings. The lowest BCUT2D eigenvalue weighted by Crippen LogP contribution is -2.48. The number of rotatable bonds is 8. The van der Waals surface area contributed by atoms with Gasteiger partial charge in [-0.25, -0.2) is 9.59 Å². The number of hydrogen-bond acceptors (Lipinski definition) is 3. The van der Waals surface area contributed by atoms with Crippen molar-refractivity contribution in [2.45, 2.75) is 60.2 Å². The Hall–Kier alpha value is -2.44. The molecule has 158 valence electrons. The first kappa shape index (κ1) is 23.6. The molecule has 0 spiro atoms. The van der Waals surface area contributed by atoms with Crippen LogP contribution in [0.25, 0.3) is 0 Å². The highest BCUT2D eigenvalue weighted by Gasteiger charge is 2.24. The molecule has 3 N–H and O–H groups in total. The number of carbonyl (C=O) groups is 2. The van der Waals surface area contributed by atoms with Crippen molar-refractivity contribution in [3.8, 4) is 0 Å². The molecule has 0 bridgehead atoms. The van der Waals surface area contributed by atoms with Crippen molar-refractivity contribution in [2.75, 3.05) is 30.9 Å². The molecule has 1 atom stereocenters. The van der Waals surface area contributed by atoms with Crippen LogP contribution in [0.3, 0.4) is 0 Å². The molecular weight excluding hydrogens is 354 g/mol. The summed E-state index contributed by atoms with van der Waals surface area (Å²) in [4.78, 5) is 28.6. The number of nitrogens with zero attached hydrogens (tertiary/aromatic N) is 2. The van der Waals surface area contributed by atoms with Gasteiger partial charge in [-0.15, -0.1) is 0 Å². The maximum absolute atomic E-state index is 12.9. The molecule has 0 aromatic heterocycles. The van der Waals surface area contributed by atoms with Crippen LogP contribution in [0.15, 0.2) is 18.2 Å². The van der Waals surface area contributed by atoms with Gasteiger partial charge in [0.15, 0.2) is 0 Å². The van der Waals surface area contributed by atoms with Gasteiger partial charge in [-0.05, 0) is 57.4 Å². The summed E-state index contributed by atoms with van der Waals surface area (Å²) in [5.41, 5.74) is 2.69. The van der Waals surface area contributed by atoms with E-state index in [-0.39, 0.29) is 24.1 Å². The lowest BCUT2D eigenvalue weighted by molar-refractivity contribution is 0.155. The van der Waals surface area contributed by atoms with E-state index < -0.39 is 0 Å². The summed E-state index contributed by atoms with van der Waals surface area (Å²) in [6.07, 6.45) is 0. The van der Waals surface area contributed by atoms with E-state index in [0.717, 1.165) is 11.3 Å². The first-order valence-electron chi connectivity index (χ1n) is 9.99. The summed E-state index contributed by atoms with van der Waals surface area (Å²) < 4.78 is 0. The standard InChI is InChI=1S/C21H37N5O2/c1-9-22-20(27)24-18-10-11-19(25(7)8)17(12-18)13-26(16(6)14(2)3)21(28)23-15(4)5/h10-12,14-16H,9,13H2,1-8H3,(H,23,28)(H2,22,24,27). The number of anilines is 2. The Morgan fingerprint density at radius 1 is 1.07 bits per heavy atom. The minimum Gasteiger partial charge on any atom is -0.377 e. The highest BCUT2D eigenvalue weighted by Crippen LogP contribution is 2.26. The summed E-state index contributed by atoms with van der Waals surface area (Å²) >= 11 is 0. The molecule has 0 radical (unpaired) electrons. The molecule has 1 aromatic carbocycles. The van der Waals surface area contributed by atoms with E-state index in [2.05, 4.69) is 36.7 Å². The SMILES string of the molecule is CCNC(=O)Nc1ccc(N(C)C)c(CN(C(=O)NC(C)C)C(C)C(C)C)c1.